The molecule has 2 nitrogen and oxygen atoms in total. The van der Waals surface area contributed by atoms with E-state index in [1.165, 1.54) is 45.3 Å². The third-order valence-corrected chi connectivity index (χ3v) is 5.03. The number of likely N-dealkylation sites (N-methyl/N-ethyl adjacent to an activating group) is 1. The molecule has 0 spiro atoms. The molecule has 1 saturated heterocycles. The number of hydrogen-bond donors (Lipinski definition) is 1. The predicted octanol–water partition coefficient (Wildman–Crippen LogP) is 3.01. The van der Waals surface area contributed by atoms with E-state index in [4.69, 9.17) is 0 Å². The number of benzene rings is 1. The summed E-state index contributed by atoms with van der Waals surface area (Å²) in [4.78, 5) is 2.75. The molecule has 1 N–H and O–H groups in total. The zero-order valence-electron chi connectivity index (χ0n) is 12.0. The minimum Gasteiger partial charge on any atom is -0.314 e. The highest BCUT2D eigenvalue weighted by molar-refractivity contribution is 5.20. The van der Waals surface area contributed by atoms with Crippen LogP contribution in [-0.4, -0.2) is 36.6 Å². The Morgan fingerprint density at radius 3 is 2.21 bits per heavy atom. The van der Waals surface area contributed by atoms with Gasteiger partial charge in [0.1, 0.15) is 0 Å². The van der Waals surface area contributed by atoms with Crippen molar-refractivity contribution in [2.24, 2.45) is 0 Å². The van der Waals surface area contributed by atoms with Crippen molar-refractivity contribution >= 4 is 0 Å². The lowest BCUT2D eigenvalue weighted by molar-refractivity contribution is 0.0756. The van der Waals surface area contributed by atoms with Gasteiger partial charge in [-0.3, -0.25) is 4.90 Å². The van der Waals surface area contributed by atoms with Crippen molar-refractivity contribution in [3.8, 4) is 0 Å². The molecular weight excluding hydrogens is 232 g/mol. The molecule has 2 aliphatic rings. The SMILES string of the molecule is CCN(C1CCC(c2ccccc2)CC1)C1CNC1. The van der Waals surface area contributed by atoms with E-state index in [9.17, 15) is 0 Å². The topological polar surface area (TPSA) is 15.3 Å². The quantitative estimate of drug-likeness (QED) is 0.893. The van der Waals surface area contributed by atoms with Gasteiger partial charge in [-0.05, 0) is 43.7 Å². The summed E-state index contributed by atoms with van der Waals surface area (Å²) in [5, 5.41) is 3.41. The Morgan fingerprint density at radius 2 is 1.68 bits per heavy atom. The van der Waals surface area contributed by atoms with Crippen LogP contribution in [0.1, 0.15) is 44.1 Å². The van der Waals surface area contributed by atoms with Gasteiger partial charge in [-0.25, -0.2) is 0 Å². The highest BCUT2D eigenvalue weighted by Crippen LogP contribution is 2.35. The van der Waals surface area contributed by atoms with Crippen LogP contribution < -0.4 is 5.32 Å². The first kappa shape index (κ1) is 13.1. The van der Waals surface area contributed by atoms with Crippen molar-refractivity contribution < 1.29 is 0 Å². The van der Waals surface area contributed by atoms with Crippen LogP contribution in [0.4, 0.5) is 0 Å². The van der Waals surface area contributed by atoms with Crippen LogP contribution in [0, 0.1) is 0 Å². The lowest BCUT2D eigenvalue weighted by Gasteiger charge is -2.45. The fourth-order valence-corrected chi connectivity index (χ4v) is 3.79. The molecular formula is C17H26N2. The number of nitrogens with one attached hydrogen (secondary N) is 1. The standard InChI is InChI=1S/C17H26N2/c1-2-19(17-12-18-13-17)16-10-8-15(9-11-16)14-6-4-3-5-7-14/h3-7,15-18H,2,8-13H2,1H3. The van der Waals surface area contributed by atoms with Gasteiger partial charge in [0, 0.05) is 25.2 Å². The summed E-state index contributed by atoms with van der Waals surface area (Å²) in [6, 6.07) is 12.7. The summed E-state index contributed by atoms with van der Waals surface area (Å²) in [6.45, 7) is 5.94. The third-order valence-electron chi connectivity index (χ3n) is 5.03. The average molecular weight is 258 g/mol. The number of nitrogens with zero attached hydrogens (tertiary/aromatic N) is 1. The van der Waals surface area contributed by atoms with E-state index in [0.29, 0.717) is 0 Å². The molecule has 104 valence electrons. The van der Waals surface area contributed by atoms with Crippen LogP contribution in [0.5, 0.6) is 0 Å². The highest BCUT2D eigenvalue weighted by Gasteiger charge is 2.32. The second kappa shape index (κ2) is 6.06. The summed E-state index contributed by atoms with van der Waals surface area (Å²) in [6.07, 6.45) is 5.49. The zero-order valence-corrected chi connectivity index (χ0v) is 12.0. The zero-order chi connectivity index (χ0) is 13.1. The van der Waals surface area contributed by atoms with Gasteiger partial charge < -0.3 is 5.32 Å². The van der Waals surface area contributed by atoms with Gasteiger partial charge in [-0.1, -0.05) is 37.3 Å². The Kier molecular flexibility index (Phi) is 4.19. The Bertz CT molecular complexity index is 378. The molecule has 1 saturated carbocycles. The molecule has 0 bridgehead atoms. The maximum absolute atomic E-state index is 3.41. The monoisotopic (exact) mass is 258 g/mol. The van der Waals surface area contributed by atoms with Crippen LogP contribution >= 0.6 is 0 Å². The lowest BCUT2D eigenvalue weighted by Crippen LogP contribution is -2.60. The van der Waals surface area contributed by atoms with Crippen LogP contribution in [0.25, 0.3) is 0 Å². The molecule has 1 aliphatic heterocycles. The van der Waals surface area contributed by atoms with Crippen LogP contribution in [0.2, 0.25) is 0 Å². The molecule has 19 heavy (non-hydrogen) atoms. The normalized spacial score (nSPS) is 28.3. The molecule has 0 atom stereocenters. The van der Waals surface area contributed by atoms with Gasteiger partial charge in [0.2, 0.25) is 0 Å². The van der Waals surface area contributed by atoms with E-state index in [1.54, 1.807) is 5.56 Å². The van der Waals surface area contributed by atoms with Crippen molar-refractivity contribution in [2.45, 2.75) is 50.6 Å². The summed E-state index contributed by atoms with van der Waals surface area (Å²) >= 11 is 0. The Morgan fingerprint density at radius 1 is 1.00 bits per heavy atom. The molecule has 0 amide bonds. The van der Waals surface area contributed by atoms with Gasteiger partial charge in [-0.15, -0.1) is 0 Å². The van der Waals surface area contributed by atoms with Crippen molar-refractivity contribution in [1.29, 1.82) is 0 Å². The molecule has 0 aromatic heterocycles. The number of hydrogen-bond acceptors (Lipinski definition) is 2. The molecule has 0 radical (unpaired) electrons. The van der Waals surface area contributed by atoms with Crippen LogP contribution in [0.15, 0.2) is 30.3 Å². The molecule has 1 aromatic carbocycles. The molecule has 1 aromatic rings. The van der Waals surface area contributed by atoms with Crippen molar-refractivity contribution in [1.82, 2.24) is 10.2 Å². The van der Waals surface area contributed by atoms with Crippen molar-refractivity contribution in [3.05, 3.63) is 35.9 Å². The fraction of sp³-hybridized carbons (Fsp3) is 0.647. The van der Waals surface area contributed by atoms with Crippen molar-refractivity contribution in [3.63, 3.8) is 0 Å². The molecule has 0 unspecified atom stereocenters. The minimum absolute atomic E-state index is 0.802. The second-order valence-electron chi connectivity index (χ2n) is 6.06. The predicted molar refractivity (Wildman–Crippen MR) is 80.5 cm³/mol. The Hall–Kier alpha value is -0.860. The van der Waals surface area contributed by atoms with Gasteiger partial charge in [0.25, 0.3) is 0 Å². The maximum Gasteiger partial charge on any atom is 0.0348 e. The van der Waals surface area contributed by atoms with Gasteiger partial charge in [-0.2, -0.15) is 0 Å². The number of rotatable bonds is 4. The Labute approximate surface area is 117 Å². The lowest BCUT2D eigenvalue weighted by atomic mass is 9.80. The first-order valence-corrected chi connectivity index (χ1v) is 7.90. The van der Waals surface area contributed by atoms with Gasteiger partial charge >= 0.3 is 0 Å². The smallest absolute Gasteiger partial charge is 0.0348 e. The van der Waals surface area contributed by atoms with E-state index < -0.39 is 0 Å². The largest absolute Gasteiger partial charge is 0.314 e. The van der Waals surface area contributed by atoms with Crippen molar-refractivity contribution in [2.75, 3.05) is 19.6 Å². The maximum atomic E-state index is 3.41. The van der Waals surface area contributed by atoms with E-state index in [-0.39, 0.29) is 0 Å². The average Bonchev–Trinajstić information content (AvgIpc) is 2.44. The first-order chi connectivity index (χ1) is 9.38. The first-order valence-electron chi connectivity index (χ1n) is 7.90. The van der Waals surface area contributed by atoms with E-state index >= 15 is 0 Å². The molecule has 2 fully saturated rings. The highest BCUT2D eigenvalue weighted by atomic mass is 15.2. The van der Waals surface area contributed by atoms with Crippen LogP contribution in [-0.2, 0) is 0 Å². The van der Waals surface area contributed by atoms with E-state index in [1.807, 2.05) is 0 Å². The summed E-state index contributed by atoms with van der Waals surface area (Å²) < 4.78 is 0. The van der Waals surface area contributed by atoms with Crippen LogP contribution in [0.3, 0.4) is 0 Å². The van der Waals surface area contributed by atoms with Gasteiger partial charge in [0.05, 0.1) is 0 Å². The fourth-order valence-electron chi connectivity index (χ4n) is 3.79. The van der Waals surface area contributed by atoms with E-state index in [2.05, 4.69) is 47.5 Å². The molecule has 1 heterocycles. The molecule has 3 rings (SSSR count). The summed E-state index contributed by atoms with van der Waals surface area (Å²) in [5.74, 6) is 0.802. The van der Waals surface area contributed by atoms with E-state index in [0.717, 1.165) is 18.0 Å². The molecule has 2 heteroatoms. The van der Waals surface area contributed by atoms with Gasteiger partial charge in [0.15, 0.2) is 0 Å². The summed E-state index contributed by atoms with van der Waals surface area (Å²) in [5.41, 5.74) is 1.55. The molecule has 1 aliphatic carbocycles. The minimum atomic E-state index is 0.802. The third kappa shape index (κ3) is 2.85. The second-order valence-corrected chi connectivity index (χ2v) is 6.06. The summed E-state index contributed by atoms with van der Waals surface area (Å²) in [7, 11) is 0. The Balaban J connectivity index is 1.56.